The number of nitrogens with zero attached hydrogens (tertiary/aromatic N) is 2. The van der Waals surface area contributed by atoms with Gasteiger partial charge in [-0.25, -0.2) is 14.2 Å². The first-order valence-corrected chi connectivity index (χ1v) is 11.1. The number of esters is 1. The Morgan fingerprint density at radius 1 is 1.16 bits per heavy atom. The van der Waals surface area contributed by atoms with Crippen molar-refractivity contribution in [3.8, 4) is 11.4 Å². The Balaban J connectivity index is 1.62. The van der Waals surface area contributed by atoms with Gasteiger partial charge in [0.2, 0.25) is 0 Å². The van der Waals surface area contributed by atoms with Crippen LogP contribution in [0.25, 0.3) is 22.3 Å². The predicted octanol–water partition coefficient (Wildman–Crippen LogP) is 3.88. The first-order chi connectivity index (χ1) is 15.3. The molecule has 4 heterocycles. The van der Waals surface area contributed by atoms with Crippen LogP contribution in [0.2, 0.25) is 0 Å². The number of pyridine rings is 2. The Labute approximate surface area is 184 Å². The lowest BCUT2D eigenvalue weighted by Gasteiger charge is -2.26. The predicted molar refractivity (Wildman–Crippen MR) is 116 cm³/mol. The van der Waals surface area contributed by atoms with Crippen LogP contribution >= 0.6 is 0 Å². The fourth-order valence-corrected chi connectivity index (χ4v) is 5.45. The summed E-state index contributed by atoms with van der Waals surface area (Å²) in [4.78, 5) is 30.7. The normalized spacial score (nSPS) is 18.5. The maximum absolute atomic E-state index is 14.6. The Bertz CT molecular complexity index is 1410. The molecule has 0 fully saturated rings. The molecule has 1 unspecified atom stereocenters. The van der Waals surface area contributed by atoms with E-state index in [1.807, 2.05) is 26.8 Å². The summed E-state index contributed by atoms with van der Waals surface area (Å²) >= 11 is 0. The number of aromatic nitrogens is 2. The fraction of sp³-hybridized carbons (Fsp3) is 0.400. The maximum atomic E-state index is 14.6. The van der Waals surface area contributed by atoms with Gasteiger partial charge in [0, 0.05) is 22.6 Å². The number of carbonyl (C=O) groups excluding carboxylic acids is 1. The Kier molecular flexibility index (Phi) is 4.12. The first-order valence-electron chi connectivity index (χ1n) is 11.1. The van der Waals surface area contributed by atoms with Crippen LogP contribution in [0.15, 0.2) is 16.9 Å². The van der Waals surface area contributed by atoms with Crippen LogP contribution in [0.3, 0.4) is 0 Å². The highest BCUT2D eigenvalue weighted by atomic mass is 19.1. The van der Waals surface area contributed by atoms with Crippen molar-refractivity contribution < 1.29 is 18.7 Å². The standard InChI is InChI=1S/C25H23FN2O4/c1-11(2)32-23-15-7-20-22-16(9-28(20)24(29)17(15)10-31-25(23)30)14-6-4-5-13-12(3)18(26)8-19(27-22)21(13)14/h7-8,11,23H,4-6,9-10H2,1-3H3. The molecule has 0 bridgehead atoms. The zero-order valence-corrected chi connectivity index (χ0v) is 18.3. The second-order valence-electron chi connectivity index (χ2n) is 9.15. The Morgan fingerprint density at radius 3 is 2.72 bits per heavy atom. The highest BCUT2D eigenvalue weighted by Crippen LogP contribution is 2.42. The number of cyclic esters (lactones) is 1. The van der Waals surface area contributed by atoms with E-state index < -0.39 is 12.1 Å². The fourth-order valence-electron chi connectivity index (χ4n) is 5.45. The van der Waals surface area contributed by atoms with Gasteiger partial charge in [0.1, 0.15) is 12.4 Å². The van der Waals surface area contributed by atoms with Crippen LogP contribution in [0, 0.1) is 12.7 Å². The molecule has 1 aliphatic carbocycles. The molecule has 0 spiro atoms. The van der Waals surface area contributed by atoms with Gasteiger partial charge in [-0.05, 0) is 62.8 Å². The van der Waals surface area contributed by atoms with Crippen LogP contribution in [-0.4, -0.2) is 21.6 Å². The smallest absolute Gasteiger partial charge is 0.340 e. The van der Waals surface area contributed by atoms with Crippen molar-refractivity contribution in [1.82, 2.24) is 9.55 Å². The van der Waals surface area contributed by atoms with E-state index in [1.165, 1.54) is 6.07 Å². The molecule has 0 N–H and O–H groups in total. The van der Waals surface area contributed by atoms with E-state index in [2.05, 4.69) is 0 Å². The molecule has 2 aromatic heterocycles. The topological polar surface area (TPSA) is 70.4 Å². The molecule has 7 heteroatoms. The van der Waals surface area contributed by atoms with E-state index in [9.17, 15) is 14.0 Å². The number of hydrogen-bond donors (Lipinski definition) is 0. The summed E-state index contributed by atoms with van der Waals surface area (Å²) in [6, 6.07) is 3.35. The van der Waals surface area contributed by atoms with Crippen LogP contribution in [0.5, 0.6) is 0 Å². The summed E-state index contributed by atoms with van der Waals surface area (Å²) in [5.74, 6) is -0.737. The van der Waals surface area contributed by atoms with Crippen LogP contribution in [0.4, 0.5) is 4.39 Å². The quantitative estimate of drug-likeness (QED) is 0.448. The molecule has 0 saturated heterocycles. The first kappa shape index (κ1) is 19.6. The Hall–Kier alpha value is -3.06. The van der Waals surface area contributed by atoms with Crippen molar-refractivity contribution in [2.45, 2.75) is 65.4 Å². The van der Waals surface area contributed by atoms with E-state index in [0.29, 0.717) is 40.1 Å². The molecule has 0 radical (unpaired) electrons. The highest BCUT2D eigenvalue weighted by molar-refractivity contribution is 5.92. The number of fused-ring (bicyclic) bond motifs is 5. The third-order valence-electron chi connectivity index (χ3n) is 6.93. The van der Waals surface area contributed by atoms with E-state index in [-0.39, 0.29) is 24.1 Å². The summed E-state index contributed by atoms with van der Waals surface area (Å²) in [6.07, 6.45) is 1.51. The maximum Gasteiger partial charge on any atom is 0.340 e. The molecule has 6 rings (SSSR count). The van der Waals surface area contributed by atoms with Gasteiger partial charge in [0.25, 0.3) is 5.56 Å². The molecule has 2 aliphatic heterocycles. The molecule has 1 atom stereocenters. The molecular weight excluding hydrogens is 411 g/mol. The van der Waals surface area contributed by atoms with Gasteiger partial charge >= 0.3 is 5.97 Å². The van der Waals surface area contributed by atoms with Crippen molar-refractivity contribution in [2.75, 3.05) is 0 Å². The van der Waals surface area contributed by atoms with Gasteiger partial charge in [-0.3, -0.25) is 4.79 Å². The molecule has 164 valence electrons. The van der Waals surface area contributed by atoms with Crippen LogP contribution < -0.4 is 5.56 Å². The lowest BCUT2D eigenvalue weighted by atomic mass is 9.85. The minimum atomic E-state index is -0.938. The van der Waals surface area contributed by atoms with Gasteiger partial charge in [-0.15, -0.1) is 0 Å². The minimum absolute atomic E-state index is 0.0571. The van der Waals surface area contributed by atoms with Crippen molar-refractivity contribution >= 4 is 16.9 Å². The zero-order valence-electron chi connectivity index (χ0n) is 18.3. The van der Waals surface area contributed by atoms with E-state index in [1.54, 1.807) is 4.57 Å². The average molecular weight is 434 g/mol. The number of aryl methyl sites for hydroxylation is 2. The summed E-state index contributed by atoms with van der Waals surface area (Å²) in [5.41, 5.74) is 6.71. The van der Waals surface area contributed by atoms with Gasteiger partial charge in [0.15, 0.2) is 6.10 Å². The second kappa shape index (κ2) is 6.72. The summed E-state index contributed by atoms with van der Waals surface area (Å²) in [7, 11) is 0. The van der Waals surface area contributed by atoms with E-state index in [0.717, 1.165) is 41.3 Å². The highest BCUT2D eigenvalue weighted by Gasteiger charge is 2.37. The van der Waals surface area contributed by atoms with Crippen LogP contribution in [-0.2, 0) is 40.3 Å². The molecular formula is C25H23FN2O4. The number of carbonyl (C=O) groups is 1. The Morgan fingerprint density at radius 2 is 1.94 bits per heavy atom. The van der Waals surface area contributed by atoms with Gasteiger partial charge in [0.05, 0.1) is 35.1 Å². The summed E-state index contributed by atoms with van der Waals surface area (Å²) < 4.78 is 27.4. The third-order valence-corrected chi connectivity index (χ3v) is 6.93. The molecule has 0 amide bonds. The lowest BCUT2D eigenvalue weighted by Crippen LogP contribution is -2.34. The molecule has 3 aromatic rings. The van der Waals surface area contributed by atoms with Crippen LogP contribution in [0.1, 0.15) is 59.8 Å². The number of ether oxygens (including phenoxy) is 2. The lowest BCUT2D eigenvalue weighted by molar-refractivity contribution is -0.165. The second-order valence-corrected chi connectivity index (χ2v) is 9.15. The molecule has 32 heavy (non-hydrogen) atoms. The number of rotatable bonds is 2. The summed E-state index contributed by atoms with van der Waals surface area (Å²) in [5, 5.41) is 1.04. The zero-order chi connectivity index (χ0) is 22.3. The molecule has 1 aromatic carbocycles. The third kappa shape index (κ3) is 2.57. The number of benzene rings is 1. The molecule has 6 nitrogen and oxygen atoms in total. The minimum Gasteiger partial charge on any atom is -0.458 e. The van der Waals surface area contributed by atoms with E-state index >= 15 is 0 Å². The number of hydrogen-bond acceptors (Lipinski definition) is 5. The van der Waals surface area contributed by atoms with Gasteiger partial charge < -0.3 is 14.0 Å². The van der Waals surface area contributed by atoms with E-state index in [4.69, 9.17) is 14.5 Å². The van der Waals surface area contributed by atoms with Gasteiger partial charge in [-0.2, -0.15) is 0 Å². The average Bonchev–Trinajstić information content (AvgIpc) is 3.13. The van der Waals surface area contributed by atoms with Crippen molar-refractivity contribution in [1.29, 1.82) is 0 Å². The van der Waals surface area contributed by atoms with Crippen molar-refractivity contribution in [2.24, 2.45) is 0 Å². The largest absolute Gasteiger partial charge is 0.458 e. The van der Waals surface area contributed by atoms with Crippen molar-refractivity contribution in [3.63, 3.8) is 0 Å². The SMILES string of the molecule is Cc1c(F)cc2nc3c(c4c2c1CCC4)Cn1c-3cc2c(c1=O)COC(=O)C2OC(C)C. The molecule has 0 saturated carbocycles. The monoisotopic (exact) mass is 434 g/mol. The number of halogens is 1. The van der Waals surface area contributed by atoms with Crippen molar-refractivity contribution in [3.05, 3.63) is 61.7 Å². The summed E-state index contributed by atoms with van der Waals surface area (Å²) in [6.45, 7) is 5.87. The molecule has 3 aliphatic rings. The van der Waals surface area contributed by atoms with Gasteiger partial charge in [-0.1, -0.05) is 0 Å².